The molecule has 7 heteroatoms. The zero-order valence-corrected chi connectivity index (χ0v) is 19.4. The Morgan fingerprint density at radius 2 is 1.84 bits per heavy atom. The van der Waals surface area contributed by atoms with Crippen LogP contribution in [0.25, 0.3) is 0 Å². The first-order valence-electron chi connectivity index (χ1n) is 11.7. The molecule has 1 atom stereocenters. The zero-order chi connectivity index (χ0) is 22.7. The maximum atomic E-state index is 13.3. The maximum Gasteiger partial charge on any atom is 0.254 e. The maximum absolute atomic E-state index is 13.3. The van der Waals surface area contributed by atoms with E-state index in [1.165, 1.54) is 0 Å². The molecule has 2 fully saturated rings. The van der Waals surface area contributed by atoms with Gasteiger partial charge >= 0.3 is 0 Å². The van der Waals surface area contributed by atoms with E-state index in [-0.39, 0.29) is 17.9 Å². The minimum absolute atomic E-state index is 0.0941. The molecule has 2 saturated heterocycles. The van der Waals surface area contributed by atoms with Crippen molar-refractivity contribution in [3.8, 4) is 5.75 Å². The molecule has 1 aromatic heterocycles. The minimum Gasteiger partial charge on any atom is -0.497 e. The summed E-state index contributed by atoms with van der Waals surface area (Å²) in [6.07, 6.45) is 5.13. The standard InChI is InChI=1S/C25H34N4O3/c1-18-15-19(2)29(26-18)17-24(30)27-13-10-20(11-14-27)23-9-4-5-12-28(23)25(31)21-7-6-8-22(16-21)32-3/h6-8,15-16,20,23H,4-5,9-14,17H2,1-3H3/t23-/m0/s1. The van der Waals surface area contributed by atoms with Gasteiger partial charge in [0.05, 0.1) is 12.8 Å². The van der Waals surface area contributed by atoms with Gasteiger partial charge in [-0.05, 0) is 76.1 Å². The van der Waals surface area contributed by atoms with Crippen LogP contribution < -0.4 is 4.74 Å². The number of benzene rings is 1. The third-order valence-corrected chi connectivity index (χ3v) is 6.95. The number of aromatic nitrogens is 2. The summed E-state index contributed by atoms with van der Waals surface area (Å²) in [5.74, 6) is 1.36. The van der Waals surface area contributed by atoms with E-state index in [4.69, 9.17) is 4.74 Å². The highest BCUT2D eigenvalue weighted by Crippen LogP contribution is 2.32. The second-order valence-corrected chi connectivity index (χ2v) is 9.10. The number of aryl methyl sites for hydroxylation is 2. The Morgan fingerprint density at radius 3 is 2.53 bits per heavy atom. The largest absolute Gasteiger partial charge is 0.497 e. The molecule has 172 valence electrons. The van der Waals surface area contributed by atoms with Crippen LogP contribution in [0.1, 0.15) is 53.8 Å². The number of ether oxygens (including phenoxy) is 1. The molecule has 0 aliphatic carbocycles. The lowest BCUT2D eigenvalue weighted by Gasteiger charge is -2.43. The lowest BCUT2D eigenvalue weighted by atomic mass is 9.83. The van der Waals surface area contributed by atoms with E-state index in [1.54, 1.807) is 11.8 Å². The molecule has 32 heavy (non-hydrogen) atoms. The second-order valence-electron chi connectivity index (χ2n) is 9.10. The van der Waals surface area contributed by atoms with Crippen molar-refractivity contribution in [3.05, 3.63) is 47.3 Å². The number of hydrogen-bond donors (Lipinski definition) is 0. The Morgan fingerprint density at radius 1 is 1.06 bits per heavy atom. The van der Waals surface area contributed by atoms with E-state index in [2.05, 4.69) is 10.00 Å². The van der Waals surface area contributed by atoms with Crippen LogP contribution >= 0.6 is 0 Å². The van der Waals surface area contributed by atoms with Gasteiger partial charge in [0.25, 0.3) is 5.91 Å². The summed E-state index contributed by atoms with van der Waals surface area (Å²) in [7, 11) is 1.62. The number of rotatable bonds is 5. The Kier molecular flexibility index (Phi) is 6.82. The van der Waals surface area contributed by atoms with Crippen molar-refractivity contribution < 1.29 is 14.3 Å². The SMILES string of the molecule is COc1cccc(C(=O)N2CCCC[C@H]2C2CCN(C(=O)Cn3nc(C)cc3C)CC2)c1. The van der Waals surface area contributed by atoms with Gasteiger partial charge in [-0.15, -0.1) is 0 Å². The Balaban J connectivity index is 1.38. The van der Waals surface area contributed by atoms with Crippen LogP contribution in [-0.4, -0.2) is 64.2 Å². The molecule has 0 N–H and O–H groups in total. The Labute approximate surface area is 190 Å². The molecular formula is C25H34N4O3. The average Bonchev–Trinajstić information content (AvgIpc) is 3.14. The predicted molar refractivity (Wildman–Crippen MR) is 123 cm³/mol. The summed E-state index contributed by atoms with van der Waals surface area (Å²) < 4.78 is 7.10. The van der Waals surface area contributed by atoms with Crippen molar-refractivity contribution in [2.24, 2.45) is 5.92 Å². The minimum atomic E-state index is 0.0941. The molecule has 2 aliphatic rings. The Bertz CT molecular complexity index is 962. The van der Waals surface area contributed by atoms with E-state index in [0.29, 0.717) is 23.8 Å². The average molecular weight is 439 g/mol. The first-order chi connectivity index (χ1) is 15.5. The number of likely N-dealkylation sites (tertiary alicyclic amines) is 2. The van der Waals surface area contributed by atoms with Gasteiger partial charge in [0, 0.05) is 36.9 Å². The zero-order valence-electron chi connectivity index (χ0n) is 19.4. The Hall–Kier alpha value is -2.83. The van der Waals surface area contributed by atoms with E-state index in [0.717, 1.165) is 63.1 Å². The molecule has 2 aliphatic heterocycles. The lowest BCUT2D eigenvalue weighted by molar-refractivity contribution is -0.133. The van der Waals surface area contributed by atoms with Crippen molar-refractivity contribution in [1.82, 2.24) is 19.6 Å². The molecule has 0 bridgehead atoms. The summed E-state index contributed by atoms with van der Waals surface area (Å²) in [4.78, 5) is 30.2. The summed E-state index contributed by atoms with van der Waals surface area (Å²) >= 11 is 0. The van der Waals surface area contributed by atoms with Gasteiger partial charge < -0.3 is 14.5 Å². The quantitative estimate of drug-likeness (QED) is 0.717. The van der Waals surface area contributed by atoms with Crippen molar-refractivity contribution >= 4 is 11.8 Å². The first-order valence-corrected chi connectivity index (χ1v) is 11.7. The van der Waals surface area contributed by atoms with Crippen molar-refractivity contribution in [1.29, 1.82) is 0 Å². The molecule has 0 unspecified atom stereocenters. The fraction of sp³-hybridized carbons (Fsp3) is 0.560. The van der Waals surface area contributed by atoms with Gasteiger partial charge in [0.1, 0.15) is 12.3 Å². The first kappa shape index (κ1) is 22.4. The molecule has 0 radical (unpaired) electrons. The molecule has 4 rings (SSSR count). The highest BCUT2D eigenvalue weighted by molar-refractivity contribution is 5.95. The van der Waals surface area contributed by atoms with Crippen LogP contribution in [0, 0.1) is 19.8 Å². The number of hydrogen-bond acceptors (Lipinski definition) is 4. The van der Waals surface area contributed by atoms with Gasteiger partial charge in [-0.1, -0.05) is 6.07 Å². The summed E-state index contributed by atoms with van der Waals surface area (Å²) in [5.41, 5.74) is 2.64. The van der Waals surface area contributed by atoms with Gasteiger partial charge in [0.15, 0.2) is 0 Å². The number of amides is 2. The molecule has 2 amide bonds. The van der Waals surface area contributed by atoms with E-state index in [9.17, 15) is 9.59 Å². The number of carbonyl (C=O) groups is 2. The number of carbonyl (C=O) groups excluding carboxylic acids is 2. The van der Waals surface area contributed by atoms with Crippen LogP contribution in [0.4, 0.5) is 0 Å². The molecule has 1 aromatic carbocycles. The summed E-state index contributed by atoms with van der Waals surface area (Å²) in [6, 6.07) is 9.68. The fourth-order valence-corrected chi connectivity index (χ4v) is 5.22. The van der Waals surface area contributed by atoms with E-state index < -0.39 is 0 Å². The van der Waals surface area contributed by atoms with Crippen LogP contribution in [0.15, 0.2) is 30.3 Å². The lowest BCUT2D eigenvalue weighted by Crippen LogP contribution is -2.51. The predicted octanol–water partition coefficient (Wildman–Crippen LogP) is 3.44. The summed E-state index contributed by atoms with van der Waals surface area (Å²) in [5, 5.41) is 4.42. The van der Waals surface area contributed by atoms with Crippen molar-refractivity contribution in [3.63, 3.8) is 0 Å². The van der Waals surface area contributed by atoms with E-state index >= 15 is 0 Å². The van der Waals surface area contributed by atoms with Gasteiger partial charge in [-0.2, -0.15) is 5.10 Å². The van der Waals surface area contributed by atoms with Gasteiger partial charge in [0.2, 0.25) is 5.91 Å². The molecule has 7 nitrogen and oxygen atoms in total. The third kappa shape index (κ3) is 4.81. The number of methoxy groups -OCH3 is 1. The number of piperidine rings is 2. The van der Waals surface area contributed by atoms with E-state index in [1.807, 2.05) is 49.1 Å². The summed E-state index contributed by atoms with van der Waals surface area (Å²) in [6.45, 7) is 6.53. The normalized spacial score (nSPS) is 19.8. The van der Waals surface area contributed by atoms with Crippen LogP contribution in [-0.2, 0) is 11.3 Å². The highest BCUT2D eigenvalue weighted by atomic mass is 16.5. The second kappa shape index (κ2) is 9.76. The highest BCUT2D eigenvalue weighted by Gasteiger charge is 2.36. The molecule has 3 heterocycles. The number of nitrogens with zero attached hydrogens (tertiary/aromatic N) is 4. The molecule has 2 aromatic rings. The van der Waals surface area contributed by atoms with Gasteiger partial charge in [-0.3, -0.25) is 14.3 Å². The fourth-order valence-electron chi connectivity index (χ4n) is 5.22. The van der Waals surface area contributed by atoms with Crippen molar-refractivity contribution in [2.45, 2.75) is 58.5 Å². The smallest absolute Gasteiger partial charge is 0.254 e. The van der Waals surface area contributed by atoms with Crippen LogP contribution in [0.3, 0.4) is 0 Å². The van der Waals surface area contributed by atoms with Crippen LogP contribution in [0.5, 0.6) is 5.75 Å². The van der Waals surface area contributed by atoms with Crippen LogP contribution in [0.2, 0.25) is 0 Å². The molecular weight excluding hydrogens is 404 g/mol. The van der Waals surface area contributed by atoms with Gasteiger partial charge in [-0.25, -0.2) is 0 Å². The van der Waals surface area contributed by atoms with Crippen molar-refractivity contribution in [2.75, 3.05) is 26.7 Å². The third-order valence-electron chi connectivity index (χ3n) is 6.95. The topological polar surface area (TPSA) is 67.7 Å². The molecule has 0 saturated carbocycles. The monoisotopic (exact) mass is 438 g/mol. The molecule has 0 spiro atoms.